The van der Waals surface area contributed by atoms with Crippen molar-refractivity contribution >= 4 is 15.9 Å². The monoisotopic (exact) mass is 414 g/mol. The average Bonchev–Trinajstić information content (AvgIpc) is 2.73. The molecule has 1 N–H and O–H groups in total. The van der Waals surface area contributed by atoms with Gasteiger partial charge in [0.15, 0.2) is 0 Å². The molecule has 1 atom stereocenters. The van der Waals surface area contributed by atoms with Gasteiger partial charge in [0.1, 0.15) is 0 Å². The fraction of sp³-hybridized carbons (Fsp3) is 0.435. The number of rotatable bonds is 6. The first-order chi connectivity index (χ1) is 13.8. The highest BCUT2D eigenvalue weighted by Crippen LogP contribution is 2.24. The van der Waals surface area contributed by atoms with Gasteiger partial charge < -0.3 is 5.32 Å². The summed E-state index contributed by atoms with van der Waals surface area (Å²) in [5, 5.41) is 3.07. The molecule has 0 bridgehead atoms. The molecule has 6 heteroatoms. The molecular formula is C23H30N2O3S. The van der Waals surface area contributed by atoms with Crippen LogP contribution in [0, 0.1) is 13.8 Å². The summed E-state index contributed by atoms with van der Waals surface area (Å²) in [5.74, 6) is -0.257. The fourth-order valence-electron chi connectivity index (χ4n) is 3.91. The van der Waals surface area contributed by atoms with Crippen molar-refractivity contribution in [3.63, 3.8) is 0 Å². The lowest BCUT2D eigenvalue weighted by Gasteiger charge is -2.26. The molecule has 29 heavy (non-hydrogen) atoms. The second kappa shape index (κ2) is 9.09. The molecule has 0 spiro atoms. The first-order valence-corrected chi connectivity index (χ1v) is 11.7. The quantitative estimate of drug-likeness (QED) is 0.764. The molecule has 1 fully saturated rings. The lowest BCUT2D eigenvalue weighted by atomic mass is 9.97. The van der Waals surface area contributed by atoms with E-state index >= 15 is 0 Å². The van der Waals surface area contributed by atoms with Gasteiger partial charge in [-0.25, -0.2) is 8.42 Å². The molecule has 156 valence electrons. The molecular weight excluding hydrogens is 384 g/mol. The van der Waals surface area contributed by atoms with Gasteiger partial charge >= 0.3 is 0 Å². The number of aryl methyl sites for hydroxylation is 2. The van der Waals surface area contributed by atoms with Gasteiger partial charge in [-0.3, -0.25) is 4.79 Å². The summed E-state index contributed by atoms with van der Waals surface area (Å²) in [5.41, 5.74) is 3.77. The Morgan fingerprint density at radius 2 is 1.79 bits per heavy atom. The van der Waals surface area contributed by atoms with Gasteiger partial charge in [0, 0.05) is 18.7 Å². The number of sulfonamides is 1. The Morgan fingerprint density at radius 3 is 2.45 bits per heavy atom. The molecule has 3 rings (SSSR count). The van der Waals surface area contributed by atoms with Crippen molar-refractivity contribution in [3.8, 4) is 0 Å². The minimum atomic E-state index is -3.56. The van der Waals surface area contributed by atoms with E-state index in [1.54, 1.807) is 18.2 Å². The van der Waals surface area contributed by atoms with Gasteiger partial charge in [-0.2, -0.15) is 4.31 Å². The first-order valence-electron chi connectivity index (χ1n) is 10.3. The van der Waals surface area contributed by atoms with Crippen LogP contribution in [0.5, 0.6) is 0 Å². The Bertz CT molecular complexity index is 979. The molecule has 0 saturated carbocycles. The van der Waals surface area contributed by atoms with Crippen LogP contribution in [0.1, 0.15) is 65.7 Å². The largest absolute Gasteiger partial charge is 0.345 e. The van der Waals surface area contributed by atoms with Crippen LogP contribution >= 0.6 is 0 Å². The van der Waals surface area contributed by atoms with Crippen molar-refractivity contribution in [3.05, 3.63) is 64.7 Å². The number of nitrogens with zero attached hydrogens (tertiary/aromatic N) is 1. The Kier molecular flexibility index (Phi) is 6.75. The van der Waals surface area contributed by atoms with E-state index in [0.29, 0.717) is 18.7 Å². The minimum Gasteiger partial charge on any atom is -0.345 e. The number of amides is 1. The third kappa shape index (κ3) is 4.87. The van der Waals surface area contributed by atoms with Crippen LogP contribution in [0.15, 0.2) is 47.4 Å². The van der Waals surface area contributed by atoms with Gasteiger partial charge in [-0.15, -0.1) is 0 Å². The van der Waals surface area contributed by atoms with Gasteiger partial charge in [0.25, 0.3) is 5.91 Å². The molecule has 0 aromatic heterocycles. The number of carbonyl (C=O) groups excluding carboxylic acids is 1. The van der Waals surface area contributed by atoms with Crippen molar-refractivity contribution in [2.75, 3.05) is 13.1 Å². The normalized spacial score (nSPS) is 16.4. The topological polar surface area (TPSA) is 66.5 Å². The third-order valence-electron chi connectivity index (χ3n) is 5.56. The summed E-state index contributed by atoms with van der Waals surface area (Å²) < 4.78 is 27.4. The maximum atomic E-state index is 12.9. The molecule has 1 aliphatic rings. The Balaban J connectivity index is 1.81. The number of hydrogen-bond acceptors (Lipinski definition) is 3. The van der Waals surface area contributed by atoms with Gasteiger partial charge in [-0.1, -0.05) is 43.2 Å². The summed E-state index contributed by atoms with van der Waals surface area (Å²) in [4.78, 5) is 13.1. The lowest BCUT2D eigenvalue weighted by molar-refractivity contribution is 0.0935. The summed E-state index contributed by atoms with van der Waals surface area (Å²) in [6.45, 7) is 7.21. The highest BCUT2D eigenvalue weighted by atomic mass is 32.2. The van der Waals surface area contributed by atoms with Crippen molar-refractivity contribution in [1.82, 2.24) is 9.62 Å². The van der Waals surface area contributed by atoms with Crippen LogP contribution in [-0.2, 0) is 10.0 Å². The van der Waals surface area contributed by atoms with E-state index in [1.165, 1.54) is 15.9 Å². The molecule has 1 saturated heterocycles. The zero-order valence-corrected chi connectivity index (χ0v) is 18.3. The zero-order chi connectivity index (χ0) is 21.0. The Hall–Kier alpha value is -2.18. The summed E-state index contributed by atoms with van der Waals surface area (Å²) >= 11 is 0. The maximum Gasteiger partial charge on any atom is 0.251 e. The number of nitrogens with one attached hydrogen (secondary N) is 1. The zero-order valence-electron chi connectivity index (χ0n) is 17.4. The third-order valence-corrected chi connectivity index (χ3v) is 7.46. The second-order valence-electron chi connectivity index (χ2n) is 7.79. The highest BCUT2D eigenvalue weighted by Gasteiger charge is 2.26. The van der Waals surface area contributed by atoms with Crippen molar-refractivity contribution in [1.29, 1.82) is 0 Å². The van der Waals surface area contributed by atoms with Crippen LogP contribution in [0.4, 0.5) is 0 Å². The van der Waals surface area contributed by atoms with E-state index in [2.05, 4.69) is 17.4 Å². The Morgan fingerprint density at radius 1 is 1.07 bits per heavy atom. The smallest absolute Gasteiger partial charge is 0.251 e. The maximum absolute atomic E-state index is 12.9. The van der Waals surface area contributed by atoms with Gasteiger partial charge in [-0.05, 0) is 62.4 Å². The molecule has 0 aliphatic carbocycles. The molecule has 0 radical (unpaired) electrons. The number of hydrogen-bond donors (Lipinski definition) is 1. The van der Waals surface area contributed by atoms with Crippen LogP contribution in [0.25, 0.3) is 0 Å². The highest BCUT2D eigenvalue weighted by molar-refractivity contribution is 7.89. The van der Waals surface area contributed by atoms with Gasteiger partial charge in [0.05, 0.1) is 10.9 Å². The predicted octanol–water partition coefficient (Wildman–Crippen LogP) is 4.36. The average molecular weight is 415 g/mol. The summed E-state index contributed by atoms with van der Waals surface area (Å²) in [6, 6.07) is 12.5. The molecule has 0 unspecified atom stereocenters. The van der Waals surface area contributed by atoms with Crippen LogP contribution in [0.2, 0.25) is 0 Å². The predicted molar refractivity (Wildman–Crippen MR) is 115 cm³/mol. The van der Waals surface area contributed by atoms with E-state index in [1.807, 2.05) is 26.8 Å². The van der Waals surface area contributed by atoms with E-state index in [-0.39, 0.29) is 16.8 Å². The van der Waals surface area contributed by atoms with Crippen LogP contribution in [-0.4, -0.2) is 31.7 Å². The van der Waals surface area contributed by atoms with E-state index < -0.39 is 10.0 Å². The van der Waals surface area contributed by atoms with Crippen molar-refractivity contribution in [2.45, 2.75) is 57.4 Å². The Labute approximate surface area is 174 Å². The number of benzene rings is 2. The number of piperidine rings is 1. The molecule has 1 heterocycles. The molecule has 1 amide bonds. The minimum absolute atomic E-state index is 0.120. The summed E-state index contributed by atoms with van der Waals surface area (Å²) in [7, 11) is -3.56. The van der Waals surface area contributed by atoms with Crippen LogP contribution < -0.4 is 5.32 Å². The van der Waals surface area contributed by atoms with Gasteiger partial charge in [0.2, 0.25) is 10.0 Å². The van der Waals surface area contributed by atoms with Crippen molar-refractivity contribution in [2.24, 2.45) is 0 Å². The van der Waals surface area contributed by atoms with Crippen molar-refractivity contribution < 1.29 is 13.2 Å². The second-order valence-corrected chi connectivity index (χ2v) is 9.72. The van der Waals surface area contributed by atoms with E-state index in [4.69, 9.17) is 0 Å². The van der Waals surface area contributed by atoms with Crippen LogP contribution in [0.3, 0.4) is 0 Å². The fourth-order valence-corrected chi connectivity index (χ4v) is 5.47. The molecule has 2 aromatic rings. The molecule has 5 nitrogen and oxygen atoms in total. The van der Waals surface area contributed by atoms with E-state index in [0.717, 1.165) is 36.8 Å². The van der Waals surface area contributed by atoms with E-state index in [9.17, 15) is 13.2 Å². The molecule has 1 aliphatic heterocycles. The standard InChI is InChI=1S/C23H30N2O3S/c1-4-22(21-12-11-17(2)15-18(21)3)24-23(26)19-9-8-10-20(16-19)29(27,28)25-13-6-5-7-14-25/h8-12,15-16,22H,4-7,13-14H2,1-3H3,(H,24,26)/t22-/m1/s1. The number of carbonyl (C=O) groups is 1. The summed E-state index contributed by atoms with van der Waals surface area (Å²) in [6.07, 6.45) is 3.58. The first kappa shape index (κ1) is 21.5. The molecule has 2 aromatic carbocycles. The lowest BCUT2D eigenvalue weighted by Crippen LogP contribution is -2.35. The SMILES string of the molecule is CC[C@@H](NC(=O)c1cccc(S(=O)(=O)N2CCCCC2)c1)c1ccc(C)cc1C.